The van der Waals surface area contributed by atoms with Crippen molar-refractivity contribution in [1.82, 2.24) is 4.90 Å². The lowest BCUT2D eigenvalue weighted by molar-refractivity contribution is -0.135. The van der Waals surface area contributed by atoms with Crippen molar-refractivity contribution in [2.45, 2.75) is 22.8 Å². The van der Waals surface area contributed by atoms with E-state index in [9.17, 15) is 22.8 Å². The third-order valence-electron chi connectivity index (χ3n) is 5.98. The zero-order valence-corrected chi connectivity index (χ0v) is 18.3. The molecule has 0 unspecified atom stereocenters. The second-order valence-corrected chi connectivity index (χ2v) is 9.84. The zero-order chi connectivity index (χ0) is 23.2. The number of hydrogen-bond acceptors (Lipinski definition) is 6. The third-order valence-corrected chi connectivity index (χ3v) is 7.83. The van der Waals surface area contributed by atoms with Crippen molar-refractivity contribution in [2.24, 2.45) is 0 Å². The maximum absolute atomic E-state index is 13.0. The van der Waals surface area contributed by atoms with Gasteiger partial charge in [-0.05, 0) is 47.9 Å². The Hall–Kier alpha value is -3.78. The van der Waals surface area contributed by atoms with Gasteiger partial charge in [0.2, 0.25) is 9.84 Å². The molecule has 8 heteroatoms. The van der Waals surface area contributed by atoms with Gasteiger partial charge in [-0.2, -0.15) is 0 Å². The Morgan fingerprint density at radius 1 is 0.879 bits per heavy atom. The number of nitrogens with zero attached hydrogens (tertiary/aromatic N) is 1. The van der Waals surface area contributed by atoms with Crippen LogP contribution in [0.5, 0.6) is 0 Å². The molecule has 0 saturated carbocycles. The van der Waals surface area contributed by atoms with Crippen molar-refractivity contribution >= 4 is 27.5 Å². The van der Waals surface area contributed by atoms with E-state index in [2.05, 4.69) is 0 Å². The van der Waals surface area contributed by atoms with Crippen LogP contribution in [0.1, 0.15) is 37.4 Å². The topological polar surface area (TPSA) is 97.8 Å². The Morgan fingerprint density at radius 3 is 2.39 bits per heavy atom. The Morgan fingerprint density at radius 2 is 1.58 bits per heavy atom. The average molecular weight is 461 g/mol. The molecule has 0 aromatic heterocycles. The molecule has 0 spiro atoms. The molecule has 0 N–H and O–H groups in total. The van der Waals surface area contributed by atoms with Crippen LogP contribution < -0.4 is 0 Å². The highest BCUT2D eigenvalue weighted by atomic mass is 32.2. The highest BCUT2D eigenvalue weighted by molar-refractivity contribution is 7.91. The maximum atomic E-state index is 13.0. The number of rotatable bonds is 3. The molecular weight excluding hydrogens is 442 g/mol. The minimum Gasteiger partial charge on any atom is -0.452 e. The number of benzene rings is 3. The Kier molecular flexibility index (Phi) is 5.09. The molecule has 5 rings (SSSR count). The van der Waals surface area contributed by atoms with Gasteiger partial charge in [-0.3, -0.25) is 9.59 Å². The van der Waals surface area contributed by atoms with E-state index in [-0.39, 0.29) is 32.4 Å². The number of sulfone groups is 1. The van der Waals surface area contributed by atoms with Crippen molar-refractivity contribution in [1.29, 1.82) is 0 Å². The first-order chi connectivity index (χ1) is 15.9. The molecule has 166 valence electrons. The van der Waals surface area contributed by atoms with Crippen LogP contribution in [-0.4, -0.2) is 44.1 Å². The summed E-state index contributed by atoms with van der Waals surface area (Å²) in [6, 6.07) is 17.6. The standard InChI is InChI=1S/C25H19NO6S/c27-23(26-12-11-16-5-1-2-6-18(16)14-26)15-32-25(29)17-9-10-20-22(13-17)33(30,31)21-8-4-3-7-19(21)24(20)28/h1-10,13H,11-12,14-15H2. The predicted molar refractivity (Wildman–Crippen MR) is 118 cm³/mol. The van der Waals surface area contributed by atoms with Gasteiger partial charge >= 0.3 is 5.97 Å². The van der Waals surface area contributed by atoms with Gasteiger partial charge in [0, 0.05) is 24.2 Å². The fourth-order valence-electron chi connectivity index (χ4n) is 4.22. The quantitative estimate of drug-likeness (QED) is 0.435. The lowest BCUT2D eigenvalue weighted by atomic mass is 10.00. The van der Waals surface area contributed by atoms with E-state index in [1.165, 1.54) is 35.9 Å². The number of fused-ring (bicyclic) bond motifs is 3. The van der Waals surface area contributed by atoms with E-state index in [1.807, 2.05) is 24.3 Å². The second kappa shape index (κ2) is 7.97. The molecule has 0 aliphatic carbocycles. The molecule has 7 nitrogen and oxygen atoms in total. The van der Waals surface area contributed by atoms with Crippen LogP contribution in [-0.2, 0) is 32.3 Å². The predicted octanol–water partition coefficient (Wildman–Crippen LogP) is 2.81. The molecular formula is C25H19NO6S. The smallest absolute Gasteiger partial charge is 0.338 e. The number of carbonyl (C=O) groups excluding carboxylic acids is 3. The van der Waals surface area contributed by atoms with Gasteiger partial charge in [-0.25, -0.2) is 13.2 Å². The van der Waals surface area contributed by atoms with Gasteiger partial charge in [0.15, 0.2) is 12.4 Å². The first-order valence-electron chi connectivity index (χ1n) is 10.4. The van der Waals surface area contributed by atoms with Crippen LogP contribution >= 0.6 is 0 Å². The fraction of sp³-hybridized carbons (Fsp3) is 0.160. The van der Waals surface area contributed by atoms with Gasteiger partial charge in [0.1, 0.15) is 0 Å². The molecule has 0 fully saturated rings. The molecule has 0 atom stereocenters. The van der Waals surface area contributed by atoms with Crippen molar-refractivity contribution in [3.8, 4) is 0 Å². The van der Waals surface area contributed by atoms with E-state index in [1.54, 1.807) is 11.0 Å². The molecule has 2 aliphatic heterocycles. The van der Waals surface area contributed by atoms with Crippen molar-refractivity contribution in [3.63, 3.8) is 0 Å². The number of carbonyl (C=O) groups is 3. The number of hydrogen-bond donors (Lipinski definition) is 0. The molecule has 3 aromatic rings. The summed E-state index contributed by atoms with van der Waals surface area (Å²) >= 11 is 0. The second-order valence-electron chi connectivity index (χ2n) is 7.95. The van der Waals surface area contributed by atoms with Crippen LogP contribution in [0.15, 0.2) is 76.5 Å². The SMILES string of the molecule is O=C(OCC(=O)N1CCc2ccccc2C1)c1ccc2c(c1)S(=O)(=O)c1ccccc1C2=O. The van der Waals surface area contributed by atoms with Crippen molar-refractivity contribution in [2.75, 3.05) is 13.2 Å². The number of esters is 1. The largest absolute Gasteiger partial charge is 0.452 e. The molecule has 3 aromatic carbocycles. The van der Waals surface area contributed by atoms with E-state index >= 15 is 0 Å². The Balaban J connectivity index is 1.32. The molecule has 0 saturated heterocycles. The minimum absolute atomic E-state index is 0.00769. The summed E-state index contributed by atoms with van der Waals surface area (Å²) in [7, 11) is -3.97. The number of amides is 1. The summed E-state index contributed by atoms with van der Waals surface area (Å²) in [5.74, 6) is -1.58. The molecule has 2 heterocycles. The van der Waals surface area contributed by atoms with E-state index in [0.717, 1.165) is 18.1 Å². The number of ether oxygens (including phenoxy) is 1. The lowest BCUT2D eigenvalue weighted by Gasteiger charge is -2.28. The van der Waals surface area contributed by atoms with Gasteiger partial charge < -0.3 is 9.64 Å². The van der Waals surface area contributed by atoms with Crippen LogP contribution in [0, 0.1) is 0 Å². The normalized spacial score (nSPS) is 15.8. The van der Waals surface area contributed by atoms with Crippen LogP contribution in [0.2, 0.25) is 0 Å². The van der Waals surface area contributed by atoms with Gasteiger partial charge in [-0.1, -0.05) is 36.4 Å². The summed E-state index contributed by atoms with van der Waals surface area (Å²) in [5.41, 5.74) is 2.34. The molecule has 0 bridgehead atoms. The summed E-state index contributed by atoms with van der Waals surface area (Å²) in [6.45, 7) is 0.532. The van der Waals surface area contributed by atoms with Crippen LogP contribution in [0.4, 0.5) is 0 Å². The Bertz CT molecular complexity index is 1430. The summed E-state index contributed by atoms with van der Waals surface area (Å²) in [6.07, 6.45) is 0.730. The summed E-state index contributed by atoms with van der Waals surface area (Å²) < 4.78 is 31.2. The van der Waals surface area contributed by atoms with E-state index < -0.39 is 28.2 Å². The van der Waals surface area contributed by atoms with Crippen LogP contribution in [0.25, 0.3) is 0 Å². The zero-order valence-electron chi connectivity index (χ0n) is 17.5. The maximum Gasteiger partial charge on any atom is 0.338 e. The van der Waals surface area contributed by atoms with Crippen LogP contribution in [0.3, 0.4) is 0 Å². The first-order valence-corrected chi connectivity index (χ1v) is 11.9. The average Bonchev–Trinajstić information content (AvgIpc) is 2.85. The van der Waals surface area contributed by atoms with Gasteiger partial charge in [0.25, 0.3) is 5.91 Å². The Labute approximate surface area is 190 Å². The van der Waals surface area contributed by atoms with Crippen molar-refractivity contribution in [3.05, 3.63) is 94.5 Å². The van der Waals surface area contributed by atoms with Gasteiger partial charge in [0.05, 0.1) is 15.4 Å². The van der Waals surface area contributed by atoms with Gasteiger partial charge in [-0.15, -0.1) is 0 Å². The highest BCUT2D eigenvalue weighted by Crippen LogP contribution is 2.34. The lowest BCUT2D eigenvalue weighted by Crippen LogP contribution is -2.38. The monoisotopic (exact) mass is 461 g/mol. The number of ketones is 1. The first kappa shape index (κ1) is 21.1. The summed E-state index contributed by atoms with van der Waals surface area (Å²) in [5, 5.41) is 0. The molecule has 33 heavy (non-hydrogen) atoms. The van der Waals surface area contributed by atoms with Crippen molar-refractivity contribution < 1.29 is 27.5 Å². The minimum atomic E-state index is -3.97. The molecule has 2 aliphatic rings. The molecule has 1 amide bonds. The van der Waals surface area contributed by atoms with E-state index in [4.69, 9.17) is 4.74 Å². The summed E-state index contributed by atoms with van der Waals surface area (Å²) in [4.78, 5) is 39.2. The molecule has 0 radical (unpaired) electrons. The van der Waals surface area contributed by atoms with E-state index in [0.29, 0.717) is 13.1 Å². The third kappa shape index (κ3) is 3.62. The highest BCUT2D eigenvalue weighted by Gasteiger charge is 2.35. The fourth-order valence-corrected chi connectivity index (χ4v) is 5.90.